The summed E-state index contributed by atoms with van der Waals surface area (Å²) in [6.07, 6.45) is 3.52. The molecule has 0 spiro atoms. The maximum absolute atomic E-state index is 11.4. The second-order valence-electron chi connectivity index (χ2n) is 3.45. The number of hydrogen-bond donors (Lipinski definition) is 1. The summed E-state index contributed by atoms with van der Waals surface area (Å²) in [4.78, 5) is 16.2. The molecule has 1 N–H and O–H groups in total. The summed E-state index contributed by atoms with van der Waals surface area (Å²) < 4.78 is 6.36. The first-order chi connectivity index (χ1) is 8.10. The van der Waals surface area contributed by atoms with Gasteiger partial charge in [-0.15, -0.1) is 0 Å². The Morgan fingerprint density at radius 2 is 2.35 bits per heavy atom. The molecule has 2 aromatic heterocycles. The average molecular weight is 252 g/mol. The van der Waals surface area contributed by atoms with Gasteiger partial charge in [0.05, 0.1) is 24.7 Å². The van der Waals surface area contributed by atoms with E-state index in [1.165, 1.54) is 18.4 Å². The lowest BCUT2D eigenvalue weighted by molar-refractivity contribution is 0.0605. The minimum absolute atomic E-state index is 0.362. The fourth-order valence-corrected chi connectivity index (χ4v) is 2.25. The van der Waals surface area contributed by atoms with Crippen molar-refractivity contribution in [2.75, 3.05) is 12.4 Å². The molecule has 2 rings (SSSR count). The maximum Gasteiger partial charge on any atom is 0.350 e. The molecule has 0 aliphatic carbocycles. The second-order valence-corrected chi connectivity index (χ2v) is 4.45. The number of carbonyl (C=O) groups is 1. The van der Waals surface area contributed by atoms with E-state index < -0.39 is 0 Å². The third-order valence-electron chi connectivity index (χ3n) is 2.12. The van der Waals surface area contributed by atoms with E-state index in [-0.39, 0.29) is 5.97 Å². The molecule has 0 unspecified atom stereocenters. The Morgan fingerprint density at radius 3 is 2.94 bits per heavy atom. The Bertz CT molecular complexity index is 546. The smallest absolute Gasteiger partial charge is 0.350 e. The molecule has 0 amide bonds. The Balaban J connectivity index is 2.20. The average Bonchev–Trinajstić information content (AvgIpc) is 2.85. The number of anilines is 2. The van der Waals surface area contributed by atoms with Gasteiger partial charge in [0.2, 0.25) is 0 Å². The number of ether oxygens (including phenoxy) is 1. The standard InChI is InChI=1S/C10H12N4O2S/c1-6-8(9(15)16-3)17-10(12-6)13-7-4-11-14(2)5-7/h4-5H,1-3H3,(H,12,13). The molecule has 90 valence electrons. The fraction of sp³-hybridized carbons (Fsp3) is 0.300. The van der Waals surface area contributed by atoms with Crippen LogP contribution in [0.5, 0.6) is 0 Å². The number of esters is 1. The zero-order valence-electron chi connectivity index (χ0n) is 9.72. The van der Waals surface area contributed by atoms with Crippen LogP contribution in [0.25, 0.3) is 0 Å². The van der Waals surface area contributed by atoms with Gasteiger partial charge >= 0.3 is 5.97 Å². The fourth-order valence-electron chi connectivity index (χ4n) is 1.34. The second kappa shape index (κ2) is 4.54. The molecule has 6 nitrogen and oxygen atoms in total. The number of carbonyl (C=O) groups excluding carboxylic acids is 1. The first-order valence-corrected chi connectivity index (χ1v) is 5.73. The molecular formula is C10H12N4O2S. The lowest BCUT2D eigenvalue weighted by atomic mass is 10.4. The lowest BCUT2D eigenvalue weighted by Gasteiger charge is -1.95. The Morgan fingerprint density at radius 1 is 1.59 bits per heavy atom. The number of hydrogen-bond acceptors (Lipinski definition) is 6. The summed E-state index contributed by atoms with van der Waals surface area (Å²) in [5, 5.41) is 7.76. The van der Waals surface area contributed by atoms with Crippen molar-refractivity contribution in [2.24, 2.45) is 7.05 Å². The van der Waals surface area contributed by atoms with Crippen LogP contribution >= 0.6 is 11.3 Å². The van der Waals surface area contributed by atoms with Crippen molar-refractivity contribution in [3.8, 4) is 0 Å². The summed E-state index contributed by atoms with van der Waals surface area (Å²) in [5.41, 5.74) is 1.49. The summed E-state index contributed by atoms with van der Waals surface area (Å²) in [5.74, 6) is -0.362. The van der Waals surface area contributed by atoms with Crippen molar-refractivity contribution in [3.05, 3.63) is 23.0 Å². The molecule has 0 saturated carbocycles. The first kappa shape index (κ1) is 11.6. The third kappa shape index (κ3) is 2.44. The molecule has 0 aromatic carbocycles. The predicted molar refractivity (Wildman–Crippen MR) is 64.7 cm³/mol. The normalized spacial score (nSPS) is 10.3. The number of rotatable bonds is 3. The van der Waals surface area contributed by atoms with Gasteiger partial charge in [0.1, 0.15) is 4.88 Å². The monoisotopic (exact) mass is 252 g/mol. The van der Waals surface area contributed by atoms with Crippen LogP contribution in [-0.4, -0.2) is 27.8 Å². The van der Waals surface area contributed by atoms with Crippen molar-refractivity contribution in [3.63, 3.8) is 0 Å². The van der Waals surface area contributed by atoms with Crippen LogP contribution in [0.3, 0.4) is 0 Å². The van der Waals surface area contributed by atoms with Crippen LogP contribution in [0.2, 0.25) is 0 Å². The maximum atomic E-state index is 11.4. The highest BCUT2D eigenvalue weighted by Crippen LogP contribution is 2.25. The SMILES string of the molecule is COC(=O)c1sc(Nc2cnn(C)c2)nc1C. The molecule has 0 bridgehead atoms. The minimum atomic E-state index is -0.362. The van der Waals surface area contributed by atoms with Gasteiger partial charge in [-0.1, -0.05) is 11.3 Å². The van der Waals surface area contributed by atoms with Crippen LogP contribution in [0.15, 0.2) is 12.4 Å². The number of aryl methyl sites for hydroxylation is 2. The van der Waals surface area contributed by atoms with Gasteiger partial charge in [0.15, 0.2) is 5.13 Å². The molecule has 0 aliphatic rings. The Labute approximate surface area is 102 Å². The van der Waals surface area contributed by atoms with Crippen LogP contribution < -0.4 is 5.32 Å². The molecule has 0 radical (unpaired) electrons. The van der Waals surface area contributed by atoms with E-state index in [1.54, 1.807) is 17.8 Å². The van der Waals surface area contributed by atoms with Crippen molar-refractivity contribution in [1.29, 1.82) is 0 Å². The minimum Gasteiger partial charge on any atom is -0.465 e. The zero-order valence-corrected chi connectivity index (χ0v) is 10.5. The van der Waals surface area contributed by atoms with E-state index >= 15 is 0 Å². The van der Waals surface area contributed by atoms with Crippen LogP contribution in [-0.2, 0) is 11.8 Å². The number of aromatic nitrogens is 3. The number of nitrogens with zero attached hydrogens (tertiary/aromatic N) is 3. The highest BCUT2D eigenvalue weighted by atomic mass is 32.1. The lowest BCUT2D eigenvalue weighted by Crippen LogP contribution is -1.99. The molecule has 0 aliphatic heterocycles. The van der Waals surface area contributed by atoms with Gasteiger partial charge < -0.3 is 10.1 Å². The van der Waals surface area contributed by atoms with Gasteiger partial charge in [0, 0.05) is 13.2 Å². The largest absolute Gasteiger partial charge is 0.465 e. The summed E-state index contributed by atoms with van der Waals surface area (Å²) in [6.45, 7) is 1.77. The zero-order chi connectivity index (χ0) is 12.4. The quantitative estimate of drug-likeness (QED) is 0.842. The number of nitrogens with one attached hydrogen (secondary N) is 1. The summed E-state index contributed by atoms with van der Waals surface area (Å²) >= 11 is 1.26. The van der Waals surface area contributed by atoms with E-state index in [1.807, 2.05) is 13.2 Å². The first-order valence-electron chi connectivity index (χ1n) is 4.91. The van der Waals surface area contributed by atoms with Gasteiger partial charge in [-0.3, -0.25) is 4.68 Å². The van der Waals surface area contributed by atoms with Crippen molar-refractivity contribution in [1.82, 2.24) is 14.8 Å². The van der Waals surface area contributed by atoms with E-state index in [0.717, 1.165) is 5.69 Å². The molecule has 2 aromatic rings. The molecule has 0 atom stereocenters. The van der Waals surface area contributed by atoms with E-state index in [4.69, 9.17) is 0 Å². The van der Waals surface area contributed by atoms with E-state index in [9.17, 15) is 4.79 Å². The Hall–Kier alpha value is -1.89. The van der Waals surface area contributed by atoms with Crippen molar-refractivity contribution in [2.45, 2.75) is 6.92 Å². The molecule has 0 saturated heterocycles. The summed E-state index contributed by atoms with van der Waals surface area (Å²) in [6, 6.07) is 0. The van der Waals surface area contributed by atoms with E-state index in [2.05, 4.69) is 20.1 Å². The third-order valence-corrected chi connectivity index (χ3v) is 3.18. The highest BCUT2D eigenvalue weighted by molar-refractivity contribution is 7.17. The molecule has 7 heteroatoms. The Kier molecular flexibility index (Phi) is 3.10. The van der Waals surface area contributed by atoms with Crippen molar-refractivity contribution < 1.29 is 9.53 Å². The van der Waals surface area contributed by atoms with Gasteiger partial charge in [-0.25, -0.2) is 9.78 Å². The topological polar surface area (TPSA) is 69.0 Å². The van der Waals surface area contributed by atoms with Crippen LogP contribution in [0.4, 0.5) is 10.8 Å². The molecule has 17 heavy (non-hydrogen) atoms. The van der Waals surface area contributed by atoms with Crippen LogP contribution in [0, 0.1) is 6.92 Å². The van der Waals surface area contributed by atoms with Gasteiger partial charge in [0.25, 0.3) is 0 Å². The van der Waals surface area contributed by atoms with E-state index in [0.29, 0.717) is 15.7 Å². The molecular weight excluding hydrogens is 240 g/mol. The highest BCUT2D eigenvalue weighted by Gasteiger charge is 2.15. The number of thiazole rings is 1. The van der Waals surface area contributed by atoms with Crippen LogP contribution in [0.1, 0.15) is 15.4 Å². The predicted octanol–water partition coefficient (Wildman–Crippen LogP) is 1.72. The van der Waals surface area contributed by atoms with Gasteiger partial charge in [-0.05, 0) is 6.92 Å². The molecule has 2 heterocycles. The summed E-state index contributed by atoms with van der Waals surface area (Å²) in [7, 11) is 3.19. The van der Waals surface area contributed by atoms with Gasteiger partial charge in [-0.2, -0.15) is 5.10 Å². The van der Waals surface area contributed by atoms with Crippen molar-refractivity contribution >= 4 is 28.1 Å². The number of methoxy groups -OCH3 is 1. The molecule has 0 fully saturated rings.